The molecule has 0 radical (unpaired) electrons. The Bertz CT molecular complexity index is 697. The number of thiol groups is 1. The zero-order valence-electron chi connectivity index (χ0n) is 16.0. The number of benzene rings is 1. The summed E-state index contributed by atoms with van der Waals surface area (Å²) in [4.78, 5) is 32.9. The van der Waals surface area contributed by atoms with E-state index in [4.69, 9.17) is 19.3 Å². The number of carboxylic acids is 2. The van der Waals surface area contributed by atoms with Crippen LogP contribution in [0.3, 0.4) is 0 Å². The Morgan fingerprint density at radius 2 is 1.50 bits per heavy atom. The molecule has 1 rings (SSSR count). The van der Waals surface area contributed by atoms with E-state index in [2.05, 4.69) is 17.9 Å². The number of nitrogens with one attached hydrogen (secondary N) is 1. The third-order valence-corrected chi connectivity index (χ3v) is 4.07. The molecule has 10 heteroatoms. The fourth-order valence-corrected chi connectivity index (χ4v) is 2.50. The molecule has 0 spiro atoms. The summed E-state index contributed by atoms with van der Waals surface area (Å²) in [5, 5.41) is 20.4. The predicted molar refractivity (Wildman–Crippen MR) is 104 cm³/mol. The predicted octanol–water partition coefficient (Wildman–Crippen LogP) is 2.19. The monoisotopic (exact) mass is 415 g/mol. The second kappa shape index (κ2) is 10.6. The fraction of sp³-hybridized carbons (Fsp3) is 0.500. The van der Waals surface area contributed by atoms with E-state index in [9.17, 15) is 19.5 Å². The molecule has 0 fully saturated rings. The summed E-state index contributed by atoms with van der Waals surface area (Å²) in [7, 11) is 0. The Morgan fingerprint density at radius 3 is 1.89 bits per heavy atom. The van der Waals surface area contributed by atoms with Crippen molar-refractivity contribution in [1.29, 1.82) is 0 Å². The average Bonchev–Trinajstić information content (AvgIpc) is 2.62. The van der Waals surface area contributed by atoms with Gasteiger partial charge in [0, 0.05) is 18.4 Å². The summed E-state index contributed by atoms with van der Waals surface area (Å²) in [5.74, 6) is -2.56. The molecule has 0 saturated heterocycles. The van der Waals surface area contributed by atoms with Crippen molar-refractivity contribution < 1.29 is 38.8 Å². The van der Waals surface area contributed by atoms with E-state index in [1.54, 1.807) is 20.8 Å². The van der Waals surface area contributed by atoms with Crippen molar-refractivity contribution >= 4 is 30.5 Å². The number of carbonyl (C=O) groups is 3. The molecule has 0 bridgehead atoms. The van der Waals surface area contributed by atoms with Gasteiger partial charge in [0.05, 0.1) is 19.8 Å². The standard InChI is InChI=1S/C18H25NO8S/c1-4-25-12-9-11(10-13(26-5-2)15(12)27-6-3)16(22)19-18(28,17(23)24)8-7-14(20)21/h9-10,28H,4-8H2,1-3H3,(H,19,22)(H,20,21)(H,23,24). The number of carboxylic acid groups (broad SMARTS) is 2. The normalized spacial score (nSPS) is 12.6. The van der Waals surface area contributed by atoms with Crippen molar-refractivity contribution in [3.05, 3.63) is 17.7 Å². The summed E-state index contributed by atoms with van der Waals surface area (Å²) >= 11 is 3.98. The van der Waals surface area contributed by atoms with E-state index in [0.717, 1.165) is 0 Å². The molecule has 0 saturated carbocycles. The lowest BCUT2D eigenvalue weighted by Crippen LogP contribution is -2.50. The smallest absolute Gasteiger partial charge is 0.339 e. The summed E-state index contributed by atoms with van der Waals surface area (Å²) in [6.07, 6.45) is -0.881. The third-order valence-electron chi connectivity index (χ3n) is 3.55. The fourth-order valence-electron chi connectivity index (χ4n) is 2.29. The number of hydrogen-bond donors (Lipinski definition) is 4. The van der Waals surface area contributed by atoms with Crippen LogP contribution in [0, 0.1) is 0 Å². The van der Waals surface area contributed by atoms with E-state index in [1.165, 1.54) is 12.1 Å². The van der Waals surface area contributed by atoms with Crippen molar-refractivity contribution in [3.63, 3.8) is 0 Å². The lowest BCUT2D eigenvalue weighted by molar-refractivity contribution is -0.141. The van der Waals surface area contributed by atoms with Crippen LogP contribution in [0.2, 0.25) is 0 Å². The van der Waals surface area contributed by atoms with Crippen LogP contribution >= 0.6 is 12.6 Å². The van der Waals surface area contributed by atoms with Crippen molar-refractivity contribution in [2.75, 3.05) is 19.8 Å². The van der Waals surface area contributed by atoms with Gasteiger partial charge in [-0.25, -0.2) is 4.79 Å². The van der Waals surface area contributed by atoms with Gasteiger partial charge in [-0.1, -0.05) is 0 Å². The number of carbonyl (C=O) groups excluding carboxylic acids is 1. The number of hydrogen-bond acceptors (Lipinski definition) is 7. The van der Waals surface area contributed by atoms with Gasteiger partial charge < -0.3 is 29.7 Å². The molecule has 0 aliphatic carbocycles. The van der Waals surface area contributed by atoms with E-state index < -0.39 is 35.6 Å². The molecule has 0 aliphatic rings. The molecule has 1 aromatic rings. The largest absolute Gasteiger partial charge is 0.490 e. The van der Waals surface area contributed by atoms with Crippen molar-refractivity contribution in [2.45, 2.75) is 38.5 Å². The Balaban J connectivity index is 3.27. The second-order valence-corrected chi connectivity index (χ2v) is 6.38. The molecule has 9 nitrogen and oxygen atoms in total. The minimum atomic E-state index is -2.05. The Morgan fingerprint density at radius 1 is 1.00 bits per heavy atom. The lowest BCUT2D eigenvalue weighted by Gasteiger charge is -2.25. The van der Waals surface area contributed by atoms with Gasteiger partial charge in [0.25, 0.3) is 5.91 Å². The molecule has 3 N–H and O–H groups in total. The van der Waals surface area contributed by atoms with Gasteiger partial charge >= 0.3 is 11.9 Å². The van der Waals surface area contributed by atoms with E-state index in [0.29, 0.717) is 25.6 Å². The van der Waals surface area contributed by atoms with Crippen LogP contribution in [-0.4, -0.2) is 52.8 Å². The van der Waals surface area contributed by atoms with Crippen LogP contribution in [0.4, 0.5) is 0 Å². The molecule has 0 aromatic heterocycles. The molecular weight excluding hydrogens is 390 g/mol. The quantitative estimate of drug-likeness (QED) is 0.302. The van der Waals surface area contributed by atoms with Gasteiger partial charge in [0.2, 0.25) is 5.75 Å². The lowest BCUT2D eigenvalue weighted by atomic mass is 10.1. The highest BCUT2D eigenvalue weighted by Crippen LogP contribution is 2.39. The maximum Gasteiger partial charge on any atom is 0.339 e. The Hall–Kier alpha value is -2.62. The highest BCUT2D eigenvalue weighted by atomic mass is 32.1. The van der Waals surface area contributed by atoms with Crippen molar-refractivity contribution in [1.82, 2.24) is 5.32 Å². The van der Waals surface area contributed by atoms with Gasteiger partial charge in [0.15, 0.2) is 16.4 Å². The maximum atomic E-state index is 12.7. The molecule has 28 heavy (non-hydrogen) atoms. The van der Waals surface area contributed by atoms with Crippen molar-refractivity contribution in [3.8, 4) is 17.2 Å². The van der Waals surface area contributed by atoms with Crippen LogP contribution in [0.1, 0.15) is 44.0 Å². The zero-order valence-corrected chi connectivity index (χ0v) is 16.9. The van der Waals surface area contributed by atoms with Gasteiger partial charge in [-0.3, -0.25) is 9.59 Å². The van der Waals surface area contributed by atoms with Crippen LogP contribution in [0.15, 0.2) is 12.1 Å². The molecule has 1 atom stereocenters. The first-order chi connectivity index (χ1) is 13.2. The summed E-state index contributed by atoms with van der Waals surface area (Å²) in [6.45, 7) is 6.27. The summed E-state index contributed by atoms with van der Waals surface area (Å²) in [5.41, 5.74) is 0.0605. The van der Waals surface area contributed by atoms with Crippen molar-refractivity contribution in [2.24, 2.45) is 0 Å². The average molecular weight is 415 g/mol. The van der Waals surface area contributed by atoms with Gasteiger partial charge in [-0.2, -0.15) is 0 Å². The maximum absolute atomic E-state index is 12.7. The first-order valence-electron chi connectivity index (χ1n) is 8.74. The van der Waals surface area contributed by atoms with Crippen LogP contribution in [-0.2, 0) is 9.59 Å². The molecule has 1 amide bonds. The van der Waals surface area contributed by atoms with Crippen LogP contribution in [0.5, 0.6) is 17.2 Å². The first kappa shape index (κ1) is 23.4. The minimum absolute atomic E-state index is 0.0605. The van der Waals surface area contributed by atoms with Gasteiger partial charge in [0.1, 0.15) is 0 Å². The van der Waals surface area contributed by atoms with Crippen LogP contribution < -0.4 is 19.5 Å². The second-order valence-electron chi connectivity index (χ2n) is 5.61. The van der Waals surface area contributed by atoms with E-state index in [1.807, 2.05) is 0 Å². The van der Waals surface area contributed by atoms with Crippen LogP contribution in [0.25, 0.3) is 0 Å². The molecular formula is C18H25NO8S. The number of rotatable bonds is 12. The SMILES string of the molecule is CCOc1cc(C(=O)NC(S)(CCC(=O)O)C(=O)O)cc(OCC)c1OCC. The molecule has 0 heterocycles. The molecule has 156 valence electrons. The summed E-state index contributed by atoms with van der Waals surface area (Å²) in [6, 6.07) is 2.80. The number of ether oxygens (including phenoxy) is 3. The van der Waals surface area contributed by atoms with E-state index in [-0.39, 0.29) is 17.1 Å². The summed E-state index contributed by atoms with van der Waals surface area (Å²) < 4.78 is 16.6. The van der Waals surface area contributed by atoms with Gasteiger partial charge in [-0.05, 0) is 32.9 Å². The minimum Gasteiger partial charge on any atom is -0.490 e. The number of amides is 1. The van der Waals surface area contributed by atoms with Gasteiger partial charge in [-0.15, -0.1) is 12.6 Å². The molecule has 1 unspecified atom stereocenters. The Labute approximate surface area is 168 Å². The highest BCUT2D eigenvalue weighted by molar-refractivity contribution is 7.82. The first-order valence-corrected chi connectivity index (χ1v) is 9.19. The third kappa shape index (κ3) is 6.22. The highest BCUT2D eigenvalue weighted by Gasteiger charge is 2.37. The van der Waals surface area contributed by atoms with E-state index >= 15 is 0 Å². The topological polar surface area (TPSA) is 131 Å². The zero-order chi connectivity index (χ0) is 21.3. The molecule has 1 aromatic carbocycles. The number of aliphatic carboxylic acids is 2. The molecule has 0 aliphatic heterocycles. The Kier molecular flexibility index (Phi) is 8.90.